The average molecular weight is 236 g/mol. The maximum Gasteiger partial charge on any atom is 0.0540 e. The molecule has 0 saturated carbocycles. The van der Waals surface area contributed by atoms with Crippen LogP contribution in [0.3, 0.4) is 0 Å². The molecule has 2 atom stereocenters. The predicted octanol–water partition coefficient (Wildman–Crippen LogP) is 1.52. The lowest BCUT2D eigenvalue weighted by Crippen LogP contribution is -2.32. The smallest absolute Gasteiger partial charge is 0.0540 e. The summed E-state index contributed by atoms with van der Waals surface area (Å²) in [5.74, 6) is 0. The van der Waals surface area contributed by atoms with Crippen LogP contribution in [0.4, 0.5) is 0 Å². The lowest BCUT2D eigenvalue weighted by molar-refractivity contribution is 0.420. The largest absolute Gasteiger partial charge is 0.317 e. The van der Waals surface area contributed by atoms with Gasteiger partial charge in [-0.25, -0.2) is 0 Å². The van der Waals surface area contributed by atoms with Crippen molar-refractivity contribution in [3.8, 4) is 0 Å². The van der Waals surface area contributed by atoms with E-state index < -0.39 is 0 Å². The molecule has 0 radical (unpaired) electrons. The molecule has 1 saturated heterocycles. The molecule has 1 aliphatic rings. The zero-order chi connectivity index (χ0) is 12.3. The van der Waals surface area contributed by atoms with Crippen LogP contribution in [0.5, 0.6) is 0 Å². The van der Waals surface area contributed by atoms with E-state index in [-0.39, 0.29) is 0 Å². The third-order valence-electron chi connectivity index (χ3n) is 3.80. The van der Waals surface area contributed by atoms with Crippen LogP contribution in [0.2, 0.25) is 0 Å². The number of hydrogen-bond donors (Lipinski definition) is 2. The van der Waals surface area contributed by atoms with Crippen LogP contribution < -0.4 is 10.6 Å². The lowest BCUT2D eigenvalue weighted by atomic mass is 10.1. The molecule has 2 N–H and O–H groups in total. The van der Waals surface area contributed by atoms with Crippen LogP contribution in [0.25, 0.3) is 0 Å². The number of rotatable bonds is 3. The minimum atomic E-state index is 0.395. The number of aryl methyl sites for hydroxylation is 1. The third-order valence-corrected chi connectivity index (χ3v) is 3.80. The van der Waals surface area contributed by atoms with Crippen molar-refractivity contribution in [2.75, 3.05) is 13.1 Å². The number of nitrogens with one attached hydrogen (secondary N) is 2. The van der Waals surface area contributed by atoms with Gasteiger partial charge in [-0.3, -0.25) is 4.68 Å². The van der Waals surface area contributed by atoms with Crippen LogP contribution >= 0.6 is 0 Å². The fourth-order valence-corrected chi connectivity index (χ4v) is 2.57. The summed E-state index contributed by atoms with van der Waals surface area (Å²) in [7, 11) is 2.00. The molecule has 17 heavy (non-hydrogen) atoms. The fourth-order valence-electron chi connectivity index (χ4n) is 2.57. The van der Waals surface area contributed by atoms with Crippen molar-refractivity contribution in [3.05, 3.63) is 17.5 Å². The Labute approximate surface area is 104 Å². The van der Waals surface area contributed by atoms with E-state index in [1.54, 1.807) is 0 Å². The molecule has 0 aromatic carbocycles. The average Bonchev–Trinajstić information content (AvgIpc) is 2.55. The van der Waals surface area contributed by atoms with Crippen molar-refractivity contribution in [3.63, 3.8) is 0 Å². The molecule has 4 heteroatoms. The van der Waals surface area contributed by atoms with Gasteiger partial charge in [0.05, 0.1) is 6.20 Å². The molecule has 4 nitrogen and oxygen atoms in total. The van der Waals surface area contributed by atoms with Crippen molar-refractivity contribution in [1.29, 1.82) is 0 Å². The second-order valence-electron chi connectivity index (χ2n) is 5.08. The summed E-state index contributed by atoms with van der Waals surface area (Å²) in [6.45, 7) is 6.67. The van der Waals surface area contributed by atoms with E-state index in [4.69, 9.17) is 0 Å². The van der Waals surface area contributed by atoms with Gasteiger partial charge in [0.15, 0.2) is 0 Å². The Morgan fingerprint density at radius 2 is 2.29 bits per heavy atom. The second kappa shape index (κ2) is 5.65. The Kier molecular flexibility index (Phi) is 4.18. The first-order valence-corrected chi connectivity index (χ1v) is 6.63. The van der Waals surface area contributed by atoms with Gasteiger partial charge < -0.3 is 10.6 Å². The quantitative estimate of drug-likeness (QED) is 0.836. The Bertz CT molecular complexity index is 350. The fraction of sp³-hybridized carbons (Fsp3) is 0.769. The highest BCUT2D eigenvalue weighted by Gasteiger charge is 2.17. The highest BCUT2D eigenvalue weighted by atomic mass is 15.3. The highest BCUT2D eigenvalue weighted by molar-refractivity contribution is 5.19. The van der Waals surface area contributed by atoms with E-state index in [1.165, 1.54) is 37.1 Å². The Hall–Kier alpha value is -0.870. The van der Waals surface area contributed by atoms with E-state index in [2.05, 4.69) is 29.6 Å². The summed E-state index contributed by atoms with van der Waals surface area (Å²) in [6.07, 6.45) is 5.76. The molecular weight excluding hydrogens is 212 g/mol. The maximum absolute atomic E-state index is 4.31. The van der Waals surface area contributed by atoms with Gasteiger partial charge in [-0.05, 0) is 46.2 Å². The molecule has 0 spiro atoms. The van der Waals surface area contributed by atoms with Gasteiger partial charge in [-0.15, -0.1) is 0 Å². The molecule has 96 valence electrons. The van der Waals surface area contributed by atoms with E-state index in [0.29, 0.717) is 12.1 Å². The molecule has 0 bridgehead atoms. The SMILES string of the molecule is Cc1c(C(C)NC2CCCNCC2)cnn1C. The zero-order valence-electron chi connectivity index (χ0n) is 11.2. The van der Waals surface area contributed by atoms with Gasteiger partial charge in [0.2, 0.25) is 0 Å². The van der Waals surface area contributed by atoms with Gasteiger partial charge >= 0.3 is 0 Å². The van der Waals surface area contributed by atoms with Crippen molar-refractivity contribution >= 4 is 0 Å². The topological polar surface area (TPSA) is 41.9 Å². The van der Waals surface area contributed by atoms with Crippen LogP contribution in [0.15, 0.2) is 6.20 Å². The molecule has 1 aliphatic heterocycles. The van der Waals surface area contributed by atoms with Crippen LogP contribution in [0, 0.1) is 6.92 Å². The first-order valence-electron chi connectivity index (χ1n) is 6.63. The standard InChI is InChI=1S/C13H24N4/c1-10(13-9-15-17(3)11(13)2)16-12-5-4-7-14-8-6-12/h9-10,12,14,16H,4-8H2,1-3H3. The van der Waals surface area contributed by atoms with Crippen molar-refractivity contribution in [1.82, 2.24) is 20.4 Å². The van der Waals surface area contributed by atoms with Crippen molar-refractivity contribution < 1.29 is 0 Å². The number of nitrogens with zero attached hydrogens (tertiary/aromatic N) is 2. The summed E-state index contributed by atoms with van der Waals surface area (Å²) < 4.78 is 1.95. The number of aromatic nitrogens is 2. The molecule has 0 aliphatic carbocycles. The summed E-state index contributed by atoms with van der Waals surface area (Å²) >= 11 is 0. The molecule has 2 rings (SSSR count). The molecular formula is C13H24N4. The Morgan fingerprint density at radius 1 is 1.47 bits per heavy atom. The van der Waals surface area contributed by atoms with E-state index in [9.17, 15) is 0 Å². The monoisotopic (exact) mass is 236 g/mol. The van der Waals surface area contributed by atoms with Gasteiger partial charge in [0.1, 0.15) is 0 Å². The van der Waals surface area contributed by atoms with Crippen LogP contribution in [-0.2, 0) is 7.05 Å². The molecule has 0 amide bonds. The molecule has 1 aromatic heterocycles. The Balaban J connectivity index is 1.95. The van der Waals surface area contributed by atoms with Gasteiger partial charge in [0, 0.05) is 30.4 Å². The zero-order valence-corrected chi connectivity index (χ0v) is 11.2. The lowest BCUT2D eigenvalue weighted by Gasteiger charge is -2.21. The summed E-state index contributed by atoms with van der Waals surface area (Å²) in [6, 6.07) is 1.03. The van der Waals surface area contributed by atoms with E-state index in [0.717, 1.165) is 6.54 Å². The summed E-state index contributed by atoms with van der Waals surface area (Å²) in [5, 5.41) is 11.5. The van der Waals surface area contributed by atoms with Crippen molar-refractivity contribution in [2.24, 2.45) is 7.05 Å². The minimum absolute atomic E-state index is 0.395. The first kappa shape index (κ1) is 12.6. The molecule has 1 fully saturated rings. The molecule has 2 heterocycles. The van der Waals surface area contributed by atoms with E-state index in [1.807, 2.05) is 17.9 Å². The second-order valence-corrected chi connectivity index (χ2v) is 5.08. The first-order chi connectivity index (χ1) is 8.18. The molecule has 1 aromatic rings. The highest BCUT2D eigenvalue weighted by Crippen LogP contribution is 2.18. The van der Waals surface area contributed by atoms with Crippen LogP contribution in [-0.4, -0.2) is 28.9 Å². The third kappa shape index (κ3) is 3.07. The van der Waals surface area contributed by atoms with Gasteiger partial charge in [-0.1, -0.05) is 0 Å². The van der Waals surface area contributed by atoms with Gasteiger partial charge in [-0.2, -0.15) is 5.10 Å². The Morgan fingerprint density at radius 3 is 3.00 bits per heavy atom. The predicted molar refractivity (Wildman–Crippen MR) is 70.0 cm³/mol. The summed E-state index contributed by atoms with van der Waals surface area (Å²) in [4.78, 5) is 0. The number of hydrogen-bond acceptors (Lipinski definition) is 3. The van der Waals surface area contributed by atoms with Crippen molar-refractivity contribution in [2.45, 2.75) is 45.2 Å². The minimum Gasteiger partial charge on any atom is -0.317 e. The summed E-state index contributed by atoms with van der Waals surface area (Å²) in [5.41, 5.74) is 2.58. The maximum atomic E-state index is 4.31. The molecule has 2 unspecified atom stereocenters. The van der Waals surface area contributed by atoms with Crippen LogP contribution in [0.1, 0.15) is 43.5 Å². The normalized spacial score (nSPS) is 23.4. The van der Waals surface area contributed by atoms with Gasteiger partial charge in [0.25, 0.3) is 0 Å². The van der Waals surface area contributed by atoms with E-state index >= 15 is 0 Å².